The molecule has 1 aromatic carbocycles. The van der Waals surface area contributed by atoms with Gasteiger partial charge in [-0.3, -0.25) is 9.48 Å². The average molecular weight is 368 g/mol. The minimum absolute atomic E-state index is 0.0119. The van der Waals surface area contributed by atoms with E-state index in [1.54, 1.807) is 4.68 Å². The fourth-order valence-electron chi connectivity index (χ4n) is 1.95. The molecule has 1 N–H and O–H groups in total. The van der Waals surface area contributed by atoms with Gasteiger partial charge in [0.15, 0.2) is 0 Å². The fraction of sp³-hybridized carbons (Fsp3) is 0.333. The summed E-state index contributed by atoms with van der Waals surface area (Å²) in [7, 11) is 1.87. The quantitative estimate of drug-likeness (QED) is 0.833. The number of rotatable bonds is 4. The zero-order valence-corrected chi connectivity index (χ0v) is 14.9. The van der Waals surface area contributed by atoms with Gasteiger partial charge >= 0.3 is 0 Å². The topological polar surface area (TPSA) is 46.9 Å². The molecule has 0 bridgehead atoms. The van der Waals surface area contributed by atoms with E-state index in [0.717, 1.165) is 26.4 Å². The number of aromatic nitrogens is 2. The summed E-state index contributed by atoms with van der Waals surface area (Å²) in [5.41, 5.74) is 2.61. The van der Waals surface area contributed by atoms with Crippen LogP contribution >= 0.6 is 27.7 Å². The van der Waals surface area contributed by atoms with E-state index in [4.69, 9.17) is 0 Å². The minimum atomic E-state index is -0.176. The zero-order valence-electron chi connectivity index (χ0n) is 12.5. The molecule has 0 saturated carbocycles. The summed E-state index contributed by atoms with van der Waals surface area (Å²) in [6.07, 6.45) is 0. The fourth-order valence-corrected chi connectivity index (χ4v) is 3.08. The Morgan fingerprint density at radius 1 is 1.33 bits per heavy atom. The maximum atomic E-state index is 12.3. The van der Waals surface area contributed by atoms with Gasteiger partial charge in [0.1, 0.15) is 0 Å². The molecule has 1 atom stereocenters. The van der Waals surface area contributed by atoms with Gasteiger partial charge in [-0.05, 0) is 45.0 Å². The van der Waals surface area contributed by atoms with Gasteiger partial charge in [-0.15, -0.1) is 11.8 Å². The Bertz CT molecular complexity index is 652. The molecule has 0 fully saturated rings. The van der Waals surface area contributed by atoms with Crippen LogP contribution in [-0.4, -0.2) is 20.9 Å². The van der Waals surface area contributed by atoms with E-state index in [2.05, 4.69) is 26.3 Å². The number of hydrogen-bond acceptors (Lipinski definition) is 3. The van der Waals surface area contributed by atoms with Crippen molar-refractivity contribution in [1.82, 2.24) is 9.78 Å². The minimum Gasteiger partial charge on any atom is -0.322 e. The molecule has 1 heterocycles. The average Bonchev–Trinajstić information content (AvgIpc) is 2.68. The smallest absolute Gasteiger partial charge is 0.237 e. The van der Waals surface area contributed by atoms with E-state index < -0.39 is 0 Å². The third kappa shape index (κ3) is 3.89. The predicted octanol–water partition coefficient (Wildman–Crippen LogP) is 3.92. The SMILES string of the molecule is Cc1nn(C)c(C)c1NC(=O)[C@H](C)Sc1ccc(Br)cc1. The van der Waals surface area contributed by atoms with Gasteiger partial charge in [0.05, 0.1) is 22.3 Å². The Morgan fingerprint density at radius 2 is 1.95 bits per heavy atom. The van der Waals surface area contributed by atoms with E-state index in [1.165, 1.54) is 11.8 Å². The number of halogens is 1. The molecular weight excluding hydrogens is 350 g/mol. The largest absolute Gasteiger partial charge is 0.322 e. The lowest BCUT2D eigenvalue weighted by atomic mass is 10.3. The van der Waals surface area contributed by atoms with Crippen LogP contribution < -0.4 is 5.32 Å². The number of hydrogen-bond donors (Lipinski definition) is 1. The number of carbonyl (C=O) groups excluding carboxylic acids is 1. The number of anilines is 1. The molecule has 0 spiro atoms. The van der Waals surface area contributed by atoms with Crippen LogP contribution in [0.25, 0.3) is 0 Å². The lowest BCUT2D eigenvalue weighted by Gasteiger charge is -2.12. The Kier molecular flexibility index (Phi) is 5.11. The van der Waals surface area contributed by atoms with E-state index in [9.17, 15) is 4.79 Å². The molecule has 0 aliphatic rings. The first-order chi connectivity index (χ1) is 9.88. The van der Waals surface area contributed by atoms with Crippen molar-refractivity contribution in [2.24, 2.45) is 7.05 Å². The van der Waals surface area contributed by atoms with Gasteiger partial charge in [-0.2, -0.15) is 5.10 Å². The van der Waals surface area contributed by atoms with Gasteiger partial charge in [-0.1, -0.05) is 15.9 Å². The third-order valence-electron chi connectivity index (χ3n) is 3.25. The van der Waals surface area contributed by atoms with Gasteiger partial charge in [-0.25, -0.2) is 0 Å². The van der Waals surface area contributed by atoms with Crippen molar-refractivity contribution < 1.29 is 4.79 Å². The molecule has 112 valence electrons. The van der Waals surface area contributed by atoms with Crippen molar-refractivity contribution >= 4 is 39.3 Å². The highest BCUT2D eigenvalue weighted by Crippen LogP contribution is 2.26. The van der Waals surface area contributed by atoms with Crippen molar-refractivity contribution in [2.45, 2.75) is 30.9 Å². The van der Waals surface area contributed by atoms with E-state index in [1.807, 2.05) is 52.1 Å². The summed E-state index contributed by atoms with van der Waals surface area (Å²) >= 11 is 4.94. The second-order valence-electron chi connectivity index (χ2n) is 4.87. The summed E-state index contributed by atoms with van der Waals surface area (Å²) in [5.74, 6) is -0.0119. The molecule has 1 amide bonds. The predicted molar refractivity (Wildman–Crippen MR) is 90.8 cm³/mol. The summed E-state index contributed by atoms with van der Waals surface area (Å²) in [6.45, 7) is 5.75. The van der Waals surface area contributed by atoms with Crippen molar-refractivity contribution in [3.05, 3.63) is 40.1 Å². The number of nitrogens with zero attached hydrogens (tertiary/aromatic N) is 2. The normalized spacial score (nSPS) is 12.2. The van der Waals surface area contributed by atoms with Crippen molar-refractivity contribution in [3.8, 4) is 0 Å². The molecule has 4 nitrogen and oxygen atoms in total. The molecule has 21 heavy (non-hydrogen) atoms. The number of nitrogens with one attached hydrogen (secondary N) is 1. The first-order valence-corrected chi connectivity index (χ1v) is 8.29. The third-order valence-corrected chi connectivity index (χ3v) is 4.89. The molecule has 0 saturated heterocycles. The molecule has 2 aromatic rings. The van der Waals surface area contributed by atoms with Crippen LogP contribution in [0, 0.1) is 13.8 Å². The first kappa shape index (κ1) is 16.1. The van der Waals surface area contributed by atoms with Crippen LogP contribution in [0.2, 0.25) is 0 Å². The van der Waals surface area contributed by atoms with Gasteiger partial charge < -0.3 is 5.32 Å². The lowest BCUT2D eigenvalue weighted by molar-refractivity contribution is -0.115. The monoisotopic (exact) mass is 367 g/mol. The highest BCUT2D eigenvalue weighted by atomic mass is 79.9. The zero-order chi connectivity index (χ0) is 15.6. The number of aryl methyl sites for hydroxylation is 2. The Morgan fingerprint density at radius 3 is 2.48 bits per heavy atom. The Balaban J connectivity index is 2.04. The van der Waals surface area contributed by atoms with E-state index >= 15 is 0 Å². The molecule has 0 radical (unpaired) electrons. The molecule has 0 aliphatic heterocycles. The highest BCUT2D eigenvalue weighted by Gasteiger charge is 2.18. The summed E-state index contributed by atoms with van der Waals surface area (Å²) in [4.78, 5) is 13.4. The number of amides is 1. The maximum absolute atomic E-state index is 12.3. The maximum Gasteiger partial charge on any atom is 0.237 e. The molecule has 0 aliphatic carbocycles. The van der Waals surface area contributed by atoms with E-state index in [-0.39, 0.29) is 11.2 Å². The number of carbonyl (C=O) groups is 1. The van der Waals surface area contributed by atoms with Crippen LogP contribution in [0.4, 0.5) is 5.69 Å². The van der Waals surface area contributed by atoms with Crippen molar-refractivity contribution in [2.75, 3.05) is 5.32 Å². The van der Waals surface area contributed by atoms with E-state index in [0.29, 0.717) is 0 Å². The van der Waals surface area contributed by atoms with Crippen LogP contribution in [0.1, 0.15) is 18.3 Å². The second kappa shape index (κ2) is 6.66. The van der Waals surface area contributed by atoms with Crippen LogP contribution in [-0.2, 0) is 11.8 Å². The molecule has 1 aromatic heterocycles. The molecular formula is C15H18BrN3OS. The second-order valence-corrected chi connectivity index (χ2v) is 7.20. The Hall–Kier alpha value is -1.27. The summed E-state index contributed by atoms with van der Waals surface area (Å²) < 4.78 is 2.81. The van der Waals surface area contributed by atoms with Crippen LogP contribution in [0.5, 0.6) is 0 Å². The summed E-state index contributed by atoms with van der Waals surface area (Å²) in [5, 5.41) is 7.11. The molecule has 0 unspecified atom stereocenters. The van der Waals surface area contributed by atoms with Gasteiger partial charge in [0.2, 0.25) is 5.91 Å². The molecule has 2 rings (SSSR count). The Labute approximate surface area is 137 Å². The summed E-state index contributed by atoms with van der Waals surface area (Å²) in [6, 6.07) is 7.95. The molecule has 6 heteroatoms. The standard InChI is InChI=1S/C15H18BrN3OS/c1-9-14(10(2)19(4)18-9)17-15(20)11(3)21-13-7-5-12(16)6-8-13/h5-8,11H,1-4H3,(H,17,20)/t11-/m0/s1. The van der Waals surface area contributed by atoms with Crippen LogP contribution in [0.3, 0.4) is 0 Å². The lowest BCUT2D eigenvalue weighted by Crippen LogP contribution is -2.23. The number of thioether (sulfide) groups is 1. The van der Waals surface area contributed by atoms with Gasteiger partial charge in [0.25, 0.3) is 0 Å². The van der Waals surface area contributed by atoms with Gasteiger partial charge in [0, 0.05) is 16.4 Å². The van der Waals surface area contributed by atoms with Crippen molar-refractivity contribution in [1.29, 1.82) is 0 Å². The van der Waals surface area contributed by atoms with Crippen LogP contribution in [0.15, 0.2) is 33.6 Å². The number of benzene rings is 1. The van der Waals surface area contributed by atoms with Crippen molar-refractivity contribution in [3.63, 3.8) is 0 Å². The highest BCUT2D eigenvalue weighted by molar-refractivity contribution is 9.10. The first-order valence-electron chi connectivity index (χ1n) is 6.61.